The summed E-state index contributed by atoms with van der Waals surface area (Å²) in [6, 6.07) is -0.634. The van der Waals surface area contributed by atoms with Crippen LogP contribution in [0.15, 0.2) is 16.4 Å². The molecule has 2 aliphatic heterocycles. The number of rotatable bonds is 5. The number of carbonyl (C=O) groups excluding carboxylic acids is 1. The second-order valence-electron chi connectivity index (χ2n) is 3.87. The van der Waals surface area contributed by atoms with Crippen LogP contribution >= 0.6 is 23.4 Å². The van der Waals surface area contributed by atoms with Crippen LogP contribution in [0.1, 0.15) is 0 Å². The topological polar surface area (TPSA) is 105 Å². The molecule has 0 radical (unpaired) electrons. The van der Waals surface area contributed by atoms with E-state index in [4.69, 9.17) is 22.2 Å². The van der Waals surface area contributed by atoms with E-state index in [1.54, 1.807) is 0 Å². The maximum Gasteiger partial charge on any atom is 0.353 e. The predicted octanol–water partition coefficient (Wildman–Crippen LogP) is -0.191. The highest BCUT2D eigenvalue weighted by Crippen LogP contribution is 2.38. The molecule has 0 aromatic carbocycles. The van der Waals surface area contributed by atoms with Gasteiger partial charge in [-0.05, 0) is 0 Å². The minimum atomic E-state index is -1.18. The summed E-state index contributed by atoms with van der Waals surface area (Å²) < 4.78 is 0. The molecule has 0 saturated carbocycles. The Morgan fingerprint density at radius 2 is 2.47 bits per heavy atom. The van der Waals surface area contributed by atoms with Gasteiger partial charge < -0.3 is 15.7 Å². The van der Waals surface area contributed by atoms with Crippen molar-refractivity contribution in [3.8, 4) is 0 Å². The van der Waals surface area contributed by atoms with Gasteiger partial charge in [-0.15, -0.1) is 23.4 Å². The van der Waals surface area contributed by atoms with Crippen LogP contribution in [-0.2, 0) is 14.4 Å². The van der Waals surface area contributed by atoms with Crippen LogP contribution in [-0.4, -0.2) is 57.8 Å². The molecule has 7 nitrogen and oxygen atoms in total. The van der Waals surface area contributed by atoms with Gasteiger partial charge >= 0.3 is 5.97 Å². The lowest BCUT2D eigenvalue weighted by Gasteiger charge is -2.47. The SMILES string of the molecule is N[C@@H]1C(=O)N2C(C(=O)O)=C(/C=N/OCCCl)CS[C@H]12. The number of aliphatic carboxylic acids is 1. The molecule has 104 valence electrons. The lowest BCUT2D eigenvalue weighted by Crippen LogP contribution is -2.68. The number of hydrogen-bond donors (Lipinski definition) is 2. The normalized spacial score (nSPS) is 26.4. The number of carboxylic acid groups (broad SMARTS) is 1. The van der Waals surface area contributed by atoms with Gasteiger partial charge in [-0.1, -0.05) is 5.16 Å². The summed E-state index contributed by atoms with van der Waals surface area (Å²) in [7, 11) is 0. The third-order valence-corrected chi connectivity index (χ3v) is 4.17. The molecule has 2 rings (SSSR count). The number of nitrogens with zero attached hydrogens (tertiary/aromatic N) is 2. The van der Waals surface area contributed by atoms with Gasteiger partial charge in [0.05, 0.1) is 12.1 Å². The van der Waals surface area contributed by atoms with Gasteiger partial charge in [-0.2, -0.15) is 0 Å². The van der Waals surface area contributed by atoms with Crippen molar-refractivity contribution in [3.05, 3.63) is 11.3 Å². The molecule has 3 N–H and O–H groups in total. The molecule has 2 atom stereocenters. The molecule has 1 fully saturated rings. The quantitative estimate of drug-likeness (QED) is 0.240. The second kappa shape index (κ2) is 5.81. The highest BCUT2D eigenvalue weighted by Gasteiger charge is 2.51. The molecule has 0 aromatic heterocycles. The molecule has 19 heavy (non-hydrogen) atoms. The number of hydrogen-bond acceptors (Lipinski definition) is 6. The predicted molar refractivity (Wildman–Crippen MR) is 70.9 cm³/mol. The molecule has 0 aliphatic carbocycles. The van der Waals surface area contributed by atoms with Gasteiger partial charge in [0.15, 0.2) is 0 Å². The Kier molecular flexibility index (Phi) is 4.33. The molecule has 0 aromatic rings. The Hall–Kier alpha value is -1.25. The molecule has 0 unspecified atom stereocenters. The fraction of sp³-hybridized carbons (Fsp3) is 0.500. The summed E-state index contributed by atoms with van der Waals surface area (Å²) in [5.41, 5.74) is 5.97. The number of carboxylic acids is 1. The van der Waals surface area contributed by atoms with Gasteiger partial charge in [0.1, 0.15) is 23.7 Å². The number of fused-ring (bicyclic) bond motifs is 1. The summed E-state index contributed by atoms with van der Waals surface area (Å²) in [5, 5.41) is 12.5. The third-order valence-electron chi connectivity index (χ3n) is 2.69. The standard InChI is InChI=1S/C10H12ClN3O4S/c11-1-2-18-13-3-5-4-19-9-6(12)8(15)14(9)7(5)10(16)17/h3,6,9H,1-2,4,12H2,(H,16,17)/b13-3+/t6-,9-/m1/s1. The molecular weight excluding hydrogens is 294 g/mol. The van der Waals surface area contributed by atoms with E-state index in [0.29, 0.717) is 17.2 Å². The fourth-order valence-electron chi connectivity index (χ4n) is 1.83. The Labute approximate surface area is 118 Å². The van der Waals surface area contributed by atoms with Crippen molar-refractivity contribution in [1.29, 1.82) is 0 Å². The molecule has 0 spiro atoms. The van der Waals surface area contributed by atoms with Crippen molar-refractivity contribution in [2.45, 2.75) is 11.4 Å². The summed E-state index contributed by atoms with van der Waals surface area (Å²) in [4.78, 5) is 28.9. The van der Waals surface area contributed by atoms with Crippen molar-refractivity contribution in [2.75, 3.05) is 18.2 Å². The van der Waals surface area contributed by atoms with Gasteiger partial charge in [-0.25, -0.2) is 4.79 Å². The Morgan fingerprint density at radius 1 is 1.74 bits per heavy atom. The zero-order valence-electron chi connectivity index (χ0n) is 9.78. The first-order valence-corrected chi connectivity index (χ1v) is 7.04. The van der Waals surface area contributed by atoms with Crippen molar-refractivity contribution in [1.82, 2.24) is 4.90 Å². The Morgan fingerprint density at radius 3 is 3.11 bits per heavy atom. The van der Waals surface area contributed by atoms with Crippen LogP contribution < -0.4 is 5.73 Å². The number of nitrogens with two attached hydrogens (primary N) is 1. The Balaban J connectivity index is 2.20. The minimum absolute atomic E-state index is 0.0753. The molecule has 0 bridgehead atoms. The van der Waals surface area contributed by atoms with Gasteiger partial charge in [0.2, 0.25) is 5.91 Å². The van der Waals surface area contributed by atoms with Crippen LogP contribution in [0.4, 0.5) is 0 Å². The van der Waals surface area contributed by atoms with E-state index >= 15 is 0 Å². The number of alkyl halides is 1. The lowest BCUT2D eigenvalue weighted by atomic mass is 10.0. The average Bonchev–Trinajstić information content (AvgIpc) is 2.41. The van der Waals surface area contributed by atoms with E-state index in [1.165, 1.54) is 22.9 Å². The van der Waals surface area contributed by atoms with E-state index in [9.17, 15) is 14.7 Å². The molecule has 1 amide bonds. The van der Waals surface area contributed by atoms with E-state index in [-0.39, 0.29) is 23.6 Å². The minimum Gasteiger partial charge on any atom is -0.477 e. The smallest absolute Gasteiger partial charge is 0.353 e. The first kappa shape index (κ1) is 14.2. The molecule has 9 heteroatoms. The molecule has 1 saturated heterocycles. The first-order chi connectivity index (χ1) is 9.07. The monoisotopic (exact) mass is 305 g/mol. The van der Waals surface area contributed by atoms with Crippen molar-refractivity contribution in [2.24, 2.45) is 10.9 Å². The van der Waals surface area contributed by atoms with Gasteiger partial charge in [-0.3, -0.25) is 9.69 Å². The van der Waals surface area contributed by atoms with E-state index in [1.807, 2.05) is 0 Å². The molecule has 2 heterocycles. The van der Waals surface area contributed by atoms with Gasteiger partial charge in [0.25, 0.3) is 0 Å². The summed E-state index contributed by atoms with van der Waals surface area (Å²) in [6.45, 7) is 0.233. The number of amides is 1. The molecule has 2 aliphatic rings. The maximum atomic E-state index is 11.6. The number of oxime groups is 1. The van der Waals surface area contributed by atoms with Crippen LogP contribution in [0.25, 0.3) is 0 Å². The van der Waals surface area contributed by atoms with Crippen LogP contribution in [0.5, 0.6) is 0 Å². The summed E-state index contributed by atoms with van der Waals surface area (Å²) in [6.07, 6.45) is 1.30. The largest absolute Gasteiger partial charge is 0.477 e. The maximum absolute atomic E-state index is 11.6. The lowest BCUT2D eigenvalue weighted by molar-refractivity contribution is -0.147. The zero-order valence-corrected chi connectivity index (χ0v) is 11.4. The number of halogens is 1. The highest BCUT2D eigenvalue weighted by molar-refractivity contribution is 8.00. The van der Waals surface area contributed by atoms with Crippen molar-refractivity contribution >= 4 is 41.5 Å². The van der Waals surface area contributed by atoms with Crippen LogP contribution in [0, 0.1) is 0 Å². The van der Waals surface area contributed by atoms with Crippen LogP contribution in [0.2, 0.25) is 0 Å². The fourth-order valence-corrected chi connectivity index (χ4v) is 3.14. The summed E-state index contributed by atoms with van der Waals surface area (Å²) in [5.74, 6) is -0.859. The van der Waals surface area contributed by atoms with Crippen LogP contribution in [0.3, 0.4) is 0 Å². The first-order valence-electron chi connectivity index (χ1n) is 5.46. The third kappa shape index (κ3) is 2.56. The summed E-state index contributed by atoms with van der Waals surface area (Å²) >= 11 is 6.82. The number of carbonyl (C=O) groups is 2. The zero-order chi connectivity index (χ0) is 14.0. The highest BCUT2D eigenvalue weighted by atomic mass is 35.5. The van der Waals surface area contributed by atoms with E-state index in [0.717, 1.165) is 0 Å². The Bertz CT molecular complexity index is 468. The number of thioether (sulfide) groups is 1. The average molecular weight is 306 g/mol. The molecular formula is C10H12ClN3O4S. The van der Waals surface area contributed by atoms with Gasteiger partial charge in [0, 0.05) is 11.3 Å². The number of β-lactam (4-membered cyclic amide) rings is 1. The van der Waals surface area contributed by atoms with E-state index < -0.39 is 12.0 Å². The van der Waals surface area contributed by atoms with E-state index in [2.05, 4.69) is 5.16 Å². The second-order valence-corrected chi connectivity index (χ2v) is 5.35. The van der Waals surface area contributed by atoms with Crippen molar-refractivity contribution < 1.29 is 19.5 Å². The van der Waals surface area contributed by atoms with Crippen molar-refractivity contribution in [3.63, 3.8) is 0 Å².